The van der Waals surface area contributed by atoms with E-state index in [-0.39, 0.29) is 12.4 Å². The Hall–Kier alpha value is -2.79. The molecule has 0 aliphatic heterocycles. The Bertz CT molecular complexity index is 883. The van der Waals surface area contributed by atoms with Crippen molar-refractivity contribution in [1.82, 2.24) is 4.98 Å². The Kier molecular flexibility index (Phi) is 4.53. The molecule has 122 valence electrons. The summed E-state index contributed by atoms with van der Waals surface area (Å²) in [6.45, 7) is -0.364. The van der Waals surface area contributed by atoms with Gasteiger partial charge >= 0.3 is 5.97 Å². The van der Waals surface area contributed by atoms with E-state index in [1.807, 2.05) is 24.3 Å². The maximum atomic E-state index is 12.1. The van der Waals surface area contributed by atoms with Gasteiger partial charge in [-0.1, -0.05) is 29.8 Å². The highest BCUT2D eigenvalue weighted by Crippen LogP contribution is 2.25. The fourth-order valence-corrected chi connectivity index (χ4v) is 2.57. The van der Waals surface area contributed by atoms with Crippen molar-refractivity contribution in [2.24, 2.45) is 0 Å². The predicted molar refractivity (Wildman–Crippen MR) is 90.9 cm³/mol. The van der Waals surface area contributed by atoms with Gasteiger partial charge in [0, 0.05) is 16.5 Å². The molecule has 1 aromatic heterocycles. The van der Waals surface area contributed by atoms with Crippen LogP contribution in [0.3, 0.4) is 0 Å². The number of H-pyrrole nitrogens is 1. The molecule has 2 aromatic carbocycles. The number of carbonyl (C=O) groups is 2. The molecule has 3 aromatic rings. The van der Waals surface area contributed by atoms with Crippen molar-refractivity contribution in [1.29, 1.82) is 0 Å². The molecular formula is C18H14ClNO4. The van der Waals surface area contributed by atoms with Crippen molar-refractivity contribution in [3.8, 4) is 5.75 Å². The van der Waals surface area contributed by atoms with Crippen LogP contribution in [0.2, 0.25) is 5.02 Å². The second kappa shape index (κ2) is 6.76. The zero-order chi connectivity index (χ0) is 17.1. The molecule has 24 heavy (non-hydrogen) atoms. The van der Waals surface area contributed by atoms with Crippen LogP contribution in [0.4, 0.5) is 0 Å². The number of para-hydroxylation sites is 1. The molecule has 0 saturated carbocycles. The molecule has 0 bridgehead atoms. The molecule has 0 amide bonds. The first kappa shape index (κ1) is 16.1. The number of rotatable bonds is 5. The molecule has 0 saturated heterocycles. The number of methoxy groups -OCH3 is 1. The number of carbonyl (C=O) groups excluding carboxylic acids is 2. The summed E-state index contributed by atoms with van der Waals surface area (Å²) in [6, 6.07) is 13.8. The van der Waals surface area contributed by atoms with E-state index in [1.54, 1.807) is 18.2 Å². The number of ether oxygens (including phenoxy) is 2. The summed E-state index contributed by atoms with van der Waals surface area (Å²) in [7, 11) is 1.49. The van der Waals surface area contributed by atoms with Gasteiger partial charge in [-0.05, 0) is 30.3 Å². The molecule has 6 heteroatoms. The summed E-state index contributed by atoms with van der Waals surface area (Å²) in [4.78, 5) is 27.1. The van der Waals surface area contributed by atoms with E-state index >= 15 is 0 Å². The fourth-order valence-electron chi connectivity index (χ4n) is 2.32. The van der Waals surface area contributed by atoms with Crippen LogP contribution in [-0.2, 0) is 4.74 Å². The summed E-state index contributed by atoms with van der Waals surface area (Å²) in [5.41, 5.74) is 1.49. The summed E-state index contributed by atoms with van der Waals surface area (Å²) in [5.74, 6) is -0.452. The van der Waals surface area contributed by atoms with E-state index in [4.69, 9.17) is 21.1 Å². The number of aromatic nitrogens is 1. The number of aromatic amines is 1. The number of esters is 1. The number of hydrogen-bond donors (Lipinski definition) is 1. The highest BCUT2D eigenvalue weighted by atomic mass is 35.5. The Morgan fingerprint density at radius 2 is 1.92 bits per heavy atom. The second-order valence-electron chi connectivity index (χ2n) is 5.12. The van der Waals surface area contributed by atoms with Gasteiger partial charge in [-0.15, -0.1) is 0 Å². The van der Waals surface area contributed by atoms with Crippen LogP contribution < -0.4 is 4.74 Å². The minimum absolute atomic E-state index is 0.303. The van der Waals surface area contributed by atoms with Gasteiger partial charge in [-0.3, -0.25) is 4.79 Å². The van der Waals surface area contributed by atoms with Crippen LogP contribution in [0.1, 0.15) is 20.8 Å². The fraction of sp³-hybridized carbons (Fsp3) is 0.111. The Morgan fingerprint density at radius 3 is 2.62 bits per heavy atom. The Balaban J connectivity index is 1.67. The van der Waals surface area contributed by atoms with Gasteiger partial charge in [-0.2, -0.15) is 0 Å². The molecule has 0 radical (unpaired) electrons. The van der Waals surface area contributed by atoms with E-state index in [0.29, 0.717) is 22.0 Å². The van der Waals surface area contributed by atoms with Gasteiger partial charge in [0.25, 0.3) is 0 Å². The summed E-state index contributed by atoms with van der Waals surface area (Å²) in [5, 5.41) is 1.23. The lowest BCUT2D eigenvalue weighted by Gasteiger charge is -2.06. The van der Waals surface area contributed by atoms with Crippen molar-refractivity contribution in [3.63, 3.8) is 0 Å². The average molecular weight is 344 g/mol. The molecule has 0 unspecified atom stereocenters. The summed E-state index contributed by atoms with van der Waals surface area (Å²) < 4.78 is 10.1. The Labute approximate surface area is 143 Å². The van der Waals surface area contributed by atoms with E-state index in [9.17, 15) is 9.59 Å². The molecule has 1 N–H and O–H groups in total. The van der Waals surface area contributed by atoms with Crippen LogP contribution in [0.15, 0.2) is 48.5 Å². The smallest absolute Gasteiger partial charge is 0.355 e. The van der Waals surface area contributed by atoms with E-state index in [0.717, 1.165) is 10.9 Å². The molecule has 5 nitrogen and oxygen atoms in total. The van der Waals surface area contributed by atoms with Gasteiger partial charge in [0.05, 0.1) is 12.1 Å². The van der Waals surface area contributed by atoms with Crippen molar-refractivity contribution < 1.29 is 19.1 Å². The lowest BCUT2D eigenvalue weighted by Crippen LogP contribution is -2.14. The number of Topliss-reactive ketones (excluding diaryl/α,β-unsaturated/α-hetero) is 1. The highest BCUT2D eigenvalue weighted by molar-refractivity contribution is 6.32. The number of nitrogens with one attached hydrogen (secondary N) is 1. The molecule has 0 fully saturated rings. The first-order valence-electron chi connectivity index (χ1n) is 7.20. The third-order valence-corrected chi connectivity index (χ3v) is 3.85. The normalized spacial score (nSPS) is 10.6. The SMILES string of the molecule is COc1ccc(C(=O)COC(=O)c2cc3ccccc3[nH]2)cc1Cl. The third kappa shape index (κ3) is 3.26. The maximum Gasteiger partial charge on any atom is 0.355 e. The lowest BCUT2D eigenvalue weighted by molar-refractivity contribution is 0.0470. The largest absolute Gasteiger partial charge is 0.495 e. The number of ketones is 1. The van der Waals surface area contributed by atoms with Gasteiger partial charge in [0.15, 0.2) is 12.4 Å². The molecule has 0 aliphatic carbocycles. The minimum atomic E-state index is -0.584. The topological polar surface area (TPSA) is 68.4 Å². The molecule has 0 aliphatic rings. The van der Waals surface area contributed by atoms with Gasteiger partial charge < -0.3 is 14.5 Å². The van der Waals surface area contributed by atoms with Gasteiger partial charge in [0.1, 0.15) is 11.4 Å². The minimum Gasteiger partial charge on any atom is -0.495 e. The van der Waals surface area contributed by atoms with Crippen LogP contribution >= 0.6 is 11.6 Å². The predicted octanol–water partition coefficient (Wildman–Crippen LogP) is 3.87. The summed E-state index contributed by atoms with van der Waals surface area (Å²) in [6.07, 6.45) is 0. The van der Waals surface area contributed by atoms with Crippen molar-refractivity contribution in [2.75, 3.05) is 13.7 Å². The Morgan fingerprint density at radius 1 is 1.12 bits per heavy atom. The average Bonchev–Trinajstić information content (AvgIpc) is 3.03. The molecular weight excluding hydrogens is 330 g/mol. The lowest BCUT2D eigenvalue weighted by atomic mass is 10.1. The number of hydrogen-bond acceptors (Lipinski definition) is 4. The zero-order valence-electron chi connectivity index (χ0n) is 12.8. The van der Waals surface area contributed by atoms with Crippen LogP contribution in [0, 0.1) is 0 Å². The highest BCUT2D eigenvalue weighted by Gasteiger charge is 2.15. The summed E-state index contributed by atoms with van der Waals surface area (Å²) >= 11 is 5.99. The van der Waals surface area contributed by atoms with Crippen molar-refractivity contribution >= 4 is 34.3 Å². The van der Waals surface area contributed by atoms with E-state index in [1.165, 1.54) is 13.2 Å². The number of benzene rings is 2. The van der Waals surface area contributed by atoms with E-state index < -0.39 is 5.97 Å². The molecule has 1 heterocycles. The van der Waals surface area contributed by atoms with Crippen LogP contribution in [-0.4, -0.2) is 30.5 Å². The first-order valence-corrected chi connectivity index (χ1v) is 7.58. The second-order valence-corrected chi connectivity index (χ2v) is 5.53. The maximum absolute atomic E-state index is 12.1. The monoisotopic (exact) mass is 343 g/mol. The van der Waals surface area contributed by atoms with Crippen LogP contribution in [0.25, 0.3) is 10.9 Å². The zero-order valence-corrected chi connectivity index (χ0v) is 13.6. The molecule has 0 spiro atoms. The standard InChI is InChI=1S/C18H14ClNO4/c1-23-17-7-6-12(8-13(17)19)16(21)10-24-18(22)15-9-11-4-2-3-5-14(11)20-15/h2-9,20H,10H2,1H3. The number of fused-ring (bicyclic) bond motifs is 1. The molecule has 3 rings (SSSR count). The van der Waals surface area contributed by atoms with Gasteiger partial charge in [-0.25, -0.2) is 4.79 Å². The quantitative estimate of drug-likeness (QED) is 0.564. The first-order chi connectivity index (χ1) is 11.6. The third-order valence-electron chi connectivity index (χ3n) is 3.56. The van der Waals surface area contributed by atoms with Crippen molar-refractivity contribution in [3.05, 3.63) is 64.8 Å². The van der Waals surface area contributed by atoms with Crippen molar-refractivity contribution in [2.45, 2.75) is 0 Å². The molecule has 0 atom stereocenters. The number of halogens is 1. The van der Waals surface area contributed by atoms with Crippen LogP contribution in [0.5, 0.6) is 5.75 Å². The van der Waals surface area contributed by atoms with E-state index in [2.05, 4.69) is 4.98 Å². The van der Waals surface area contributed by atoms with Gasteiger partial charge in [0.2, 0.25) is 0 Å².